The number of hydrogen-bond acceptors (Lipinski definition) is 4. The minimum atomic E-state index is 0.0520. The zero-order valence-electron chi connectivity index (χ0n) is 14.9. The van der Waals surface area contributed by atoms with Crippen molar-refractivity contribution in [2.45, 2.75) is 59.0 Å². The fourth-order valence-electron chi connectivity index (χ4n) is 3.40. The molecular weight excluding hydrogens is 292 g/mol. The maximum absolute atomic E-state index is 12.5. The van der Waals surface area contributed by atoms with E-state index in [0.29, 0.717) is 12.6 Å². The normalized spacial score (nSPS) is 19.0. The van der Waals surface area contributed by atoms with E-state index in [0.717, 1.165) is 49.6 Å². The van der Waals surface area contributed by atoms with Crippen LogP contribution < -0.4 is 5.32 Å². The molecule has 1 aromatic rings. The van der Waals surface area contributed by atoms with Crippen LogP contribution in [0.25, 0.3) is 0 Å². The molecule has 0 aromatic carbocycles. The largest absolute Gasteiger partial charge is 0.385 e. The molecule has 1 amide bonds. The van der Waals surface area contributed by atoms with Gasteiger partial charge in [0.15, 0.2) is 0 Å². The highest BCUT2D eigenvalue weighted by atomic mass is 16.5. The molecule has 0 saturated carbocycles. The molecule has 1 aromatic heterocycles. The van der Waals surface area contributed by atoms with Gasteiger partial charge >= 0.3 is 0 Å². The monoisotopic (exact) mass is 322 g/mol. The van der Waals surface area contributed by atoms with Gasteiger partial charge in [-0.3, -0.25) is 14.4 Å². The summed E-state index contributed by atoms with van der Waals surface area (Å²) in [5, 5.41) is 7.52. The molecule has 0 radical (unpaired) electrons. The first-order valence-corrected chi connectivity index (χ1v) is 8.63. The van der Waals surface area contributed by atoms with E-state index < -0.39 is 0 Å². The van der Waals surface area contributed by atoms with E-state index in [1.807, 2.05) is 18.5 Å². The summed E-state index contributed by atoms with van der Waals surface area (Å²) >= 11 is 0. The van der Waals surface area contributed by atoms with Gasteiger partial charge in [0, 0.05) is 26.3 Å². The van der Waals surface area contributed by atoms with Crippen LogP contribution in [-0.4, -0.2) is 53.4 Å². The Balaban J connectivity index is 1.96. The Morgan fingerprint density at radius 2 is 2.17 bits per heavy atom. The molecule has 1 aliphatic rings. The van der Waals surface area contributed by atoms with Crippen LogP contribution in [0, 0.1) is 13.8 Å². The molecule has 2 rings (SSSR count). The summed E-state index contributed by atoms with van der Waals surface area (Å²) < 4.78 is 7.13. The third-order valence-electron chi connectivity index (χ3n) is 4.70. The van der Waals surface area contributed by atoms with E-state index in [-0.39, 0.29) is 5.91 Å². The fourth-order valence-corrected chi connectivity index (χ4v) is 3.40. The number of aromatic nitrogens is 2. The minimum Gasteiger partial charge on any atom is -0.385 e. The molecule has 6 heteroatoms. The minimum absolute atomic E-state index is 0.0520. The van der Waals surface area contributed by atoms with Gasteiger partial charge in [-0.05, 0) is 46.6 Å². The quantitative estimate of drug-likeness (QED) is 0.837. The first kappa shape index (κ1) is 17.9. The molecule has 0 bridgehead atoms. The van der Waals surface area contributed by atoms with Crippen LogP contribution in [-0.2, 0) is 16.1 Å². The van der Waals surface area contributed by atoms with Crippen LogP contribution >= 0.6 is 0 Å². The molecule has 1 atom stereocenters. The van der Waals surface area contributed by atoms with Gasteiger partial charge in [0.1, 0.15) is 0 Å². The first-order chi connectivity index (χ1) is 11.1. The van der Waals surface area contributed by atoms with Crippen molar-refractivity contribution >= 4 is 11.6 Å². The summed E-state index contributed by atoms with van der Waals surface area (Å²) in [7, 11) is 1.73. The second-order valence-corrected chi connectivity index (χ2v) is 6.31. The SMILES string of the molecule is CCn1nc(C)c(NC(=O)CN2CCCCC2CCOC)c1C. The second-order valence-electron chi connectivity index (χ2n) is 6.31. The third-order valence-corrected chi connectivity index (χ3v) is 4.70. The number of nitrogens with zero attached hydrogens (tertiary/aromatic N) is 3. The Hall–Kier alpha value is -1.40. The number of carbonyl (C=O) groups is 1. The van der Waals surface area contributed by atoms with Gasteiger partial charge in [-0.15, -0.1) is 0 Å². The summed E-state index contributed by atoms with van der Waals surface area (Å²) in [4.78, 5) is 14.8. The van der Waals surface area contributed by atoms with Crippen LogP contribution in [0.4, 0.5) is 5.69 Å². The topological polar surface area (TPSA) is 59.4 Å². The maximum atomic E-state index is 12.5. The average Bonchev–Trinajstić information content (AvgIpc) is 2.81. The van der Waals surface area contributed by atoms with Gasteiger partial charge in [-0.2, -0.15) is 5.10 Å². The molecule has 23 heavy (non-hydrogen) atoms. The molecule has 0 spiro atoms. The molecule has 1 fully saturated rings. The number of carbonyl (C=O) groups excluding carboxylic acids is 1. The van der Waals surface area contributed by atoms with Crippen molar-refractivity contribution in [1.29, 1.82) is 0 Å². The van der Waals surface area contributed by atoms with Crippen LogP contribution in [0.15, 0.2) is 0 Å². The molecule has 1 saturated heterocycles. The number of amides is 1. The van der Waals surface area contributed by atoms with Crippen molar-refractivity contribution in [2.75, 3.05) is 32.1 Å². The van der Waals surface area contributed by atoms with Crippen molar-refractivity contribution in [3.63, 3.8) is 0 Å². The number of ether oxygens (including phenoxy) is 1. The molecule has 2 heterocycles. The van der Waals surface area contributed by atoms with E-state index in [9.17, 15) is 4.79 Å². The summed E-state index contributed by atoms with van der Waals surface area (Å²) in [6.45, 7) is 9.01. The van der Waals surface area contributed by atoms with Gasteiger partial charge < -0.3 is 10.1 Å². The number of methoxy groups -OCH3 is 1. The van der Waals surface area contributed by atoms with E-state index in [1.165, 1.54) is 12.8 Å². The highest BCUT2D eigenvalue weighted by Crippen LogP contribution is 2.21. The maximum Gasteiger partial charge on any atom is 0.238 e. The Kier molecular flexibility index (Phi) is 6.59. The zero-order chi connectivity index (χ0) is 16.8. The van der Waals surface area contributed by atoms with Gasteiger partial charge in [0.05, 0.1) is 23.6 Å². The van der Waals surface area contributed by atoms with Gasteiger partial charge in [0.25, 0.3) is 0 Å². The van der Waals surface area contributed by atoms with Crippen LogP contribution in [0.1, 0.15) is 44.0 Å². The van der Waals surface area contributed by atoms with Crippen LogP contribution in [0.5, 0.6) is 0 Å². The van der Waals surface area contributed by atoms with Crippen molar-refractivity contribution in [3.8, 4) is 0 Å². The lowest BCUT2D eigenvalue weighted by Gasteiger charge is -2.35. The van der Waals surface area contributed by atoms with Crippen molar-refractivity contribution < 1.29 is 9.53 Å². The Bertz CT molecular complexity index is 527. The molecule has 1 N–H and O–H groups in total. The van der Waals surface area contributed by atoms with E-state index >= 15 is 0 Å². The number of nitrogens with one attached hydrogen (secondary N) is 1. The lowest BCUT2D eigenvalue weighted by atomic mass is 9.99. The molecule has 1 aliphatic heterocycles. The number of aryl methyl sites for hydroxylation is 2. The lowest BCUT2D eigenvalue weighted by Crippen LogP contribution is -2.44. The third kappa shape index (κ3) is 4.54. The van der Waals surface area contributed by atoms with Crippen LogP contribution in [0.2, 0.25) is 0 Å². The van der Waals surface area contributed by atoms with Crippen molar-refractivity contribution in [3.05, 3.63) is 11.4 Å². The predicted molar refractivity (Wildman–Crippen MR) is 91.7 cm³/mol. The van der Waals surface area contributed by atoms with Crippen molar-refractivity contribution in [1.82, 2.24) is 14.7 Å². The van der Waals surface area contributed by atoms with E-state index in [2.05, 4.69) is 22.2 Å². The number of anilines is 1. The highest BCUT2D eigenvalue weighted by molar-refractivity contribution is 5.93. The van der Waals surface area contributed by atoms with E-state index in [1.54, 1.807) is 7.11 Å². The van der Waals surface area contributed by atoms with Gasteiger partial charge in [0.2, 0.25) is 5.91 Å². The molecular formula is C17H30N4O2. The summed E-state index contributed by atoms with van der Waals surface area (Å²) in [5.41, 5.74) is 2.77. The van der Waals surface area contributed by atoms with Gasteiger partial charge in [-0.25, -0.2) is 0 Å². The fraction of sp³-hybridized carbons (Fsp3) is 0.765. The summed E-state index contributed by atoms with van der Waals surface area (Å²) in [5.74, 6) is 0.0520. The first-order valence-electron chi connectivity index (χ1n) is 8.63. The summed E-state index contributed by atoms with van der Waals surface area (Å²) in [6, 6.07) is 0.454. The highest BCUT2D eigenvalue weighted by Gasteiger charge is 2.24. The lowest BCUT2D eigenvalue weighted by molar-refractivity contribution is -0.118. The van der Waals surface area contributed by atoms with E-state index in [4.69, 9.17) is 4.74 Å². The Morgan fingerprint density at radius 3 is 2.83 bits per heavy atom. The number of likely N-dealkylation sites (tertiary alicyclic amines) is 1. The van der Waals surface area contributed by atoms with Gasteiger partial charge in [-0.1, -0.05) is 6.42 Å². The smallest absolute Gasteiger partial charge is 0.238 e. The van der Waals surface area contributed by atoms with Crippen molar-refractivity contribution in [2.24, 2.45) is 0 Å². The number of rotatable bonds is 7. The Labute approximate surface area is 139 Å². The number of hydrogen-bond donors (Lipinski definition) is 1. The molecule has 6 nitrogen and oxygen atoms in total. The molecule has 130 valence electrons. The van der Waals surface area contributed by atoms with Crippen LogP contribution in [0.3, 0.4) is 0 Å². The standard InChI is InChI=1S/C17H30N4O2/c1-5-21-14(3)17(13(2)19-21)18-16(22)12-20-10-7-6-8-15(20)9-11-23-4/h15H,5-12H2,1-4H3,(H,18,22). The molecule has 1 unspecified atom stereocenters. The zero-order valence-corrected chi connectivity index (χ0v) is 14.9. The number of piperidine rings is 1. The summed E-state index contributed by atoms with van der Waals surface area (Å²) in [6.07, 6.45) is 4.56. The molecule has 0 aliphatic carbocycles. The average molecular weight is 322 g/mol. The second kappa shape index (κ2) is 8.45. The Morgan fingerprint density at radius 1 is 1.39 bits per heavy atom. The predicted octanol–water partition coefficient (Wildman–Crippen LogP) is 2.35.